The number of likely N-dealkylation sites (N-methyl/N-ethyl adjacent to an activating group) is 1. The zero-order chi connectivity index (χ0) is 14.2. The van der Waals surface area contributed by atoms with E-state index in [1.807, 2.05) is 7.05 Å². The number of nitrogens with one attached hydrogen (secondary N) is 1. The molecule has 0 aromatic rings. The average Bonchev–Trinajstić information content (AvgIpc) is 3.15. The molecule has 0 spiro atoms. The fourth-order valence-corrected chi connectivity index (χ4v) is 3.88. The van der Waals surface area contributed by atoms with Crippen LogP contribution in [0.2, 0.25) is 0 Å². The summed E-state index contributed by atoms with van der Waals surface area (Å²) in [7, 11) is 1.86. The zero-order valence-electron chi connectivity index (χ0n) is 12.6. The maximum absolute atomic E-state index is 11.7. The molecule has 3 N–H and O–H groups in total. The Morgan fingerprint density at radius 2 is 1.95 bits per heavy atom. The van der Waals surface area contributed by atoms with Crippen molar-refractivity contribution < 1.29 is 4.79 Å². The second-order valence-electron chi connectivity index (χ2n) is 6.87. The fourth-order valence-electron chi connectivity index (χ4n) is 3.88. The first-order valence-corrected chi connectivity index (χ1v) is 8.08. The van der Waals surface area contributed by atoms with Gasteiger partial charge in [0.2, 0.25) is 5.91 Å². The summed E-state index contributed by atoms with van der Waals surface area (Å²) in [5, 5.41) is 3.18. The third kappa shape index (κ3) is 2.85. The summed E-state index contributed by atoms with van der Waals surface area (Å²) in [6, 6.07) is 0.526. The van der Waals surface area contributed by atoms with Crippen LogP contribution in [0.5, 0.6) is 0 Å². The summed E-state index contributed by atoms with van der Waals surface area (Å²) in [6.45, 7) is 5.98. The Labute approximate surface area is 121 Å². The molecule has 20 heavy (non-hydrogen) atoms. The first-order chi connectivity index (χ1) is 9.63. The number of carbonyl (C=O) groups is 1. The van der Waals surface area contributed by atoms with Gasteiger partial charge in [-0.05, 0) is 45.1 Å². The van der Waals surface area contributed by atoms with Gasteiger partial charge >= 0.3 is 0 Å². The molecule has 1 heterocycles. The van der Waals surface area contributed by atoms with E-state index in [2.05, 4.69) is 15.1 Å². The van der Waals surface area contributed by atoms with Crippen molar-refractivity contribution in [1.29, 1.82) is 0 Å². The predicted octanol–water partition coefficient (Wildman–Crippen LogP) is 0.0100. The number of rotatable bonds is 5. The van der Waals surface area contributed by atoms with Crippen LogP contribution in [-0.2, 0) is 4.79 Å². The van der Waals surface area contributed by atoms with Crippen molar-refractivity contribution in [2.45, 2.75) is 43.7 Å². The number of amides is 1. The monoisotopic (exact) mass is 280 g/mol. The molecule has 1 amide bonds. The number of carbonyl (C=O) groups excluding carboxylic acids is 1. The van der Waals surface area contributed by atoms with Gasteiger partial charge in [-0.2, -0.15) is 0 Å². The highest BCUT2D eigenvalue weighted by atomic mass is 16.1. The quantitative estimate of drug-likeness (QED) is 0.745. The van der Waals surface area contributed by atoms with E-state index in [1.165, 1.54) is 32.5 Å². The molecule has 3 fully saturated rings. The summed E-state index contributed by atoms with van der Waals surface area (Å²) in [5.74, 6) is 0.801. The predicted molar refractivity (Wildman–Crippen MR) is 79.4 cm³/mol. The molecular formula is C15H28N4O. The van der Waals surface area contributed by atoms with Gasteiger partial charge < -0.3 is 16.0 Å². The smallest absolute Gasteiger partial charge is 0.237 e. The molecule has 2 atom stereocenters. The molecule has 0 aromatic carbocycles. The maximum Gasteiger partial charge on any atom is 0.237 e. The van der Waals surface area contributed by atoms with Crippen molar-refractivity contribution in [3.8, 4) is 0 Å². The normalized spacial score (nSPS) is 36.4. The van der Waals surface area contributed by atoms with E-state index in [0.29, 0.717) is 6.04 Å². The lowest BCUT2D eigenvalue weighted by Crippen LogP contribution is -2.54. The molecule has 2 unspecified atom stereocenters. The van der Waals surface area contributed by atoms with Crippen LogP contribution >= 0.6 is 0 Å². The SMILES string of the molecule is CNC1(C(N)=O)CCC(N2CCN(CC3CC3)CC2)C1. The summed E-state index contributed by atoms with van der Waals surface area (Å²) >= 11 is 0. The number of nitrogens with two attached hydrogens (primary N) is 1. The minimum atomic E-state index is -0.462. The minimum Gasteiger partial charge on any atom is -0.368 e. The Hall–Kier alpha value is -0.650. The molecule has 5 nitrogen and oxygen atoms in total. The van der Waals surface area contributed by atoms with Gasteiger partial charge in [0, 0.05) is 38.8 Å². The van der Waals surface area contributed by atoms with E-state index in [9.17, 15) is 4.79 Å². The Morgan fingerprint density at radius 3 is 2.45 bits per heavy atom. The van der Waals surface area contributed by atoms with Gasteiger partial charge in [0.1, 0.15) is 0 Å². The Bertz CT molecular complexity index is 363. The highest BCUT2D eigenvalue weighted by molar-refractivity contribution is 5.85. The lowest BCUT2D eigenvalue weighted by atomic mass is 9.96. The number of hydrogen-bond acceptors (Lipinski definition) is 4. The van der Waals surface area contributed by atoms with Gasteiger partial charge in [-0.3, -0.25) is 9.69 Å². The number of hydrogen-bond donors (Lipinski definition) is 2. The third-order valence-corrected chi connectivity index (χ3v) is 5.58. The second-order valence-corrected chi connectivity index (χ2v) is 6.87. The van der Waals surface area contributed by atoms with E-state index >= 15 is 0 Å². The van der Waals surface area contributed by atoms with Gasteiger partial charge in [-0.1, -0.05) is 0 Å². The highest BCUT2D eigenvalue weighted by Crippen LogP contribution is 2.34. The van der Waals surface area contributed by atoms with Crippen LogP contribution in [0.25, 0.3) is 0 Å². The Morgan fingerprint density at radius 1 is 1.25 bits per heavy atom. The molecule has 1 saturated heterocycles. The summed E-state index contributed by atoms with van der Waals surface area (Å²) in [4.78, 5) is 16.9. The summed E-state index contributed by atoms with van der Waals surface area (Å²) in [5.41, 5.74) is 5.13. The van der Waals surface area contributed by atoms with E-state index in [4.69, 9.17) is 5.73 Å². The molecule has 3 rings (SSSR count). The Balaban J connectivity index is 1.50. The lowest BCUT2D eigenvalue weighted by molar-refractivity contribution is -0.124. The molecular weight excluding hydrogens is 252 g/mol. The van der Waals surface area contributed by atoms with Gasteiger partial charge in [-0.15, -0.1) is 0 Å². The van der Waals surface area contributed by atoms with Crippen molar-refractivity contribution >= 4 is 5.91 Å². The van der Waals surface area contributed by atoms with Crippen LogP contribution in [0.3, 0.4) is 0 Å². The van der Waals surface area contributed by atoms with Gasteiger partial charge in [0.25, 0.3) is 0 Å². The standard InChI is InChI=1S/C15H28N4O/c1-17-15(14(16)20)5-4-13(10-15)19-8-6-18(7-9-19)11-12-2-3-12/h12-13,17H,2-11H2,1H3,(H2,16,20). The molecule has 2 saturated carbocycles. The number of nitrogens with zero attached hydrogens (tertiary/aromatic N) is 2. The molecule has 2 aliphatic carbocycles. The van der Waals surface area contributed by atoms with Gasteiger partial charge in [-0.25, -0.2) is 0 Å². The number of primary amides is 1. The van der Waals surface area contributed by atoms with Crippen LogP contribution < -0.4 is 11.1 Å². The van der Waals surface area contributed by atoms with Crippen molar-refractivity contribution in [1.82, 2.24) is 15.1 Å². The van der Waals surface area contributed by atoms with E-state index < -0.39 is 5.54 Å². The highest BCUT2D eigenvalue weighted by Gasteiger charge is 2.44. The molecule has 5 heteroatoms. The average molecular weight is 280 g/mol. The first kappa shape index (κ1) is 14.3. The van der Waals surface area contributed by atoms with Crippen LogP contribution in [0, 0.1) is 5.92 Å². The van der Waals surface area contributed by atoms with Crippen LogP contribution in [0.15, 0.2) is 0 Å². The second kappa shape index (κ2) is 5.62. The zero-order valence-corrected chi connectivity index (χ0v) is 12.6. The molecule has 0 aromatic heterocycles. The van der Waals surface area contributed by atoms with Gasteiger partial charge in [0.15, 0.2) is 0 Å². The lowest BCUT2D eigenvalue weighted by Gasteiger charge is -2.38. The van der Waals surface area contributed by atoms with E-state index in [-0.39, 0.29) is 5.91 Å². The van der Waals surface area contributed by atoms with Crippen LogP contribution in [-0.4, -0.2) is 67.1 Å². The third-order valence-electron chi connectivity index (χ3n) is 5.58. The largest absolute Gasteiger partial charge is 0.368 e. The van der Waals surface area contributed by atoms with E-state index in [1.54, 1.807) is 0 Å². The van der Waals surface area contributed by atoms with Crippen molar-refractivity contribution in [3.05, 3.63) is 0 Å². The van der Waals surface area contributed by atoms with Crippen LogP contribution in [0.4, 0.5) is 0 Å². The summed E-state index contributed by atoms with van der Waals surface area (Å²) < 4.78 is 0. The number of piperazine rings is 1. The van der Waals surface area contributed by atoms with Crippen LogP contribution in [0.1, 0.15) is 32.1 Å². The summed E-state index contributed by atoms with van der Waals surface area (Å²) in [6.07, 6.45) is 5.72. The van der Waals surface area contributed by atoms with Crippen molar-refractivity contribution in [3.63, 3.8) is 0 Å². The molecule has 114 valence electrons. The van der Waals surface area contributed by atoms with Crippen molar-refractivity contribution in [2.75, 3.05) is 39.8 Å². The molecule has 0 radical (unpaired) electrons. The molecule has 0 bridgehead atoms. The minimum absolute atomic E-state index is 0.185. The Kier molecular flexibility index (Phi) is 4.02. The molecule has 1 aliphatic heterocycles. The topological polar surface area (TPSA) is 61.6 Å². The first-order valence-electron chi connectivity index (χ1n) is 8.08. The fraction of sp³-hybridized carbons (Fsp3) is 0.933. The van der Waals surface area contributed by atoms with Crippen molar-refractivity contribution in [2.24, 2.45) is 11.7 Å². The maximum atomic E-state index is 11.7. The molecule has 3 aliphatic rings. The van der Waals surface area contributed by atoms with Gasteiger partial charge in [0.05, 0.1) is 5.54 Å². The van der Waals surface area contributed by atoms with E-state index in [0.717, 1.165) is 38.3 Å².